The third-order valence-corrected chi connectivity index (χ3v) is 6.82. The Bertz CT molecular complexity index is 409. The first-order chi connectivity index (χ1) is 12.9. The van der Waals surface area contributed by atoms with E-state index in [-0.39, 0.29) is 6.10 Å². The summed E-state index contributed by atoms with van der Waals surface area (Å²) in [6.07, 6.45) is 18.8. The Kier molecular flexibility index (Phi) is 17.8. The van der Waals surface area contributed by atoms with Crippen LogP contribution in [-0.2, 0) is 10.1 Å². The van der Waals surface area contributed by atoms with Gasteiger partial charge in [0.15, 0.2) is 0 Å². The van der Waals surface area contributed by atoms with Crippen molar-refractivity contribution in [2.75, 3.05) is 0 Å². The van der Waals surface area contributed by atoms with Gasteiger partial charge in [-0.1, -0.05) is 104 Å². The summed E-state index contributed by atoms with van der Waals surface area (Å²) in [7, 11) is -3.88. The number of unbranched alkanes of at least 4 members (excludes halogenated alkanes) is 11. The molecule has 0 aromatic carbocycles. The van der Waals surface area contributed by atoms with E-state index in [2.05, 4.69) is 6.92 Å². The van der Waals surface area contributed by atoms with Crippen molar-refractivity contribution in [1.82, 2.24) is 0 Å². The minimum Gasteiger partial charge on any atom is -0.393 e. The van der Waals surface area contributed by atoms with Gasteiger partial charge in [0, 0.05) is 0 Å². The highest BCUT2D eigenvalue weighted by molar-refractivity contribution is 7.86. The summed E-state index contributed by atoms with van der Waals surface area (Å²) in [5, 5.41) is 9.38. The highest BCUT2D eigenvalue weighted by atomic mass is 32.2. The van der Waals surface area contributed by atoms with Gasteiger partial charge in [0.2, 0.25) is 0 Å². The quantitative estimate of drug-likeness (QED) is 0.175. The topological polar surface area (TPSA) is 74.6 Å². The highest BCUT2D eigenvalue weighted by Gasteiger charge is 2.21. The highest BCUT2D eigenvalue weighted by Crippen LogP contribution is 2.18. The molecule has 2 unspecified atom stereocenters. The normalized spacial score (nSPS) is 14.4. The van der Waals surface area contributed by atoms with Crippen LogP contribution in [0.15, 0.2) is 0 Å². The predicted octanol–water partition coefficient (Wildman–Crippen LogP) is 6.67. The molecule has 27 heavy (non-hydrogen) atoms. The molecule has 0 aliphatic carbocycles. The maximum Gasteiger partial charge on any atom is 0.267 e. The van der Waals surface area contributed by atoms with Crippen LogP contribution in [0.3, 0.4) is 0 Å². The summed E-state index contributed by atoms with van der Waals surface area (Å²) < 4.78 is 32.0. The fourth-order valence-electron chi connectivity index (χ4n) is 3.64. The standard InChI is InChI=1S/C22H46O4S/c1-3-5-7-14-17-21(23)18-15-12-10-8-9-11-13-16-20-22(19-6-4-2)27(24,25)26/h21-23H,3-20H2,1-2H3,(H,24,25,26). The van der Waals surface area contributed by atoms with Gasteiger partial charge in [-0.2, -0.15) is 8.42 Å². The fourth-order valence-corrected chi connectivity index (χ4v) is 4.57. The molecule has 0 radical (unpaired) electrons. The Labute approximate surface area is 169 Å². The molecule has 4 nitrogen and oxygen atoms in total. The number of rotatable bonds is 20. The third kappa shape index (κ3) is 17.7. The van der Waals surface area contributed by atoms with Gasteiger partial charge in [0.1, 0.15) is 0 Å². The van der Waals surface area contributed by atoms with Crippen molar-refractivity contribution in [3.8, 4) is 0 Å². The van der Waals surface area contributed by atoms with Crippen LogP contribution < -0.4 is 0 Å². The van der Waals surface area contributed by atoms with Gasteiger partial charge >= 0.3 is 0 Å². The smallest absolute Gasteiger partial charge is 0.267 e. The van der Waals surface area contributed by atoms with Crippen LogP contribution in [0.2, 0.25) is 0 Å². The molecule has 0 saturated heterocycles. The van der Waals surface area contributed by atoms with Gasteiger partial charge in [-0.15, -0.1) is 0 Å². The second-order valence-corrected chi connectivity index (χ2v) is 9.88. The van der Waals surface area contributed by atoms with E-state index in [0.29, 0.717) is 12.8 Å². The minimum atomic E-state index is -3.88. The van der Waals surface area contributed by atoms with Crippen molar-refractivity contribution >= 4 is 10.1 Å². The molecule has 0 aliphatic heterocycles. The van der Waals surface area contributed by atoms with Crippen molar-refractivity contribution in [1.29, 1.82) is 0 Å². The van der Waals surface area contributed by atoms with Crippen molar-refractivity contribution in [3.05, 3.63) is 0 Å². The van der Waals surface area contributed by atoms with Crippen molar-refractivity contribution < 1.29 is 18.1 Å². The summed E-state index contributed by atoms with van der Waals surface area (Å²) in [5.74, 6) is 0. The first-order valence-corrected chi connectivity index (χ1v) is 13.1. The monoisotopic (exact) mass is 406 g/mol. The van der Waals surface area contributed by atoms with Crippen LogP contribution in [0.1, 0.15) is 129 Å². The lowest BCUT2D eigenvalue weighted by Crippen LogP contribution is -2.20. The largest absolute Gasteiger partial charge is 0.393 e. The van der Waals surface area contributed by atoms with Crippen LogP contribution in [-0.4, -0.2) is 29.4 Å². The Morgan fingerprint density at radius 2 is 0.963 bits per heavy atom. The van der Waals surface area contributed by atoms with E-state index in [0.717, 1.165) is 57.8 Å². The number of aliphatic hydroxyl groups excluding tert-OH is 1. The van der Waals surface area contributed by atoms with E-state index < -0.39 is 15.4 Å². The molecule has 164 valence electrons. The molecular weight excluding hydrogens is 360 g/mol. The molecular formula is C22H46O4S. The predicted molar refractivity (Wildman–Crippen MR) is 116 cm³/mol. The molecule has 0 amide bonds. The summed E-state index contributed by atoms with van der Waals surface area (Å²) in [6, 6.07) is 0. The lowest BCUT2D eigenvalue weighted by Gasteiger charge is -2.13. The molecule has 0 rings (SSSR count). The van der Waals surface area contributed by atoms with E-state index in [1.807, 2.05) is 6.92 Å². The SMILES string of the molecule is CCCCCCC(O)CCCCCCCCCCC(CCCC)S(=O)(=O)O. The summed E-state index contributed by atoms with van der Waals surface area (Å²) in [5.41, 5.74) is 0. The number of hydrogen-bond donors (Lipinski definition) is 2. The molecule has 0 aromatic heterocycles. The second kappa shape index (κ2) is 17.9. The summed E-state index contributed by atoms with van der Waals surface area (Å²) >= 11 is 0. The maximum atomic E-state index is 11.4. The Hall–Kier alpha value is -0.130. The maximum absolute atomic E-state index is 11.4. The van der Waals surface area contributed by atoms with Crippen LogP contribution >= 0.6 is 0 Å². The van der Waals surface area contributed by atoms with Crippen LogP contribution in [0.25, 0.3) is 0 Å². The van der Waals surface area contributed by atoms with Gasteiger partial charge in [0.25, 0.3) is 10.1 Å². The van der Waals surface area contributed by atoms with E-state index in [4.69, 9.17) is 0 Å². The summed E-state index contributed by atoms with van der Waals surface area (Å²) in [6.45, 7) is 4.25. The zero-order valence-electron chi connectivity index (χ0n) is 18.0. The van der Waals surface area contributed by atoms with Gasteiger partial charge in [-0.25, -0.2) is 0 Å². The Morgan fingerprint density at radius 1 is 0.593 bits per heavy atom. The minimum absolute atomic E-state index is 0.106. The zero-order valence-corrected chi connectivity index (χ0v) is 18.8. The van der Waals surface area contributed by atoms with E-state index in [9.17, 15) is 18.1 Å². The molecule has 2 atom stereocenters. The van der Waals surface area contributed by atoms with E-state index >= 15 is 0 Å². The molecule has 2 N–H and O–H groups in total. The number of aliphatic hydroxyl groups is 1. The van der Waals surface area contributed by atoms with Gasteiger partial charge < -0.3 is 5.11 Å². The van der Waals surface area contributed by atoms with Crippen molar-refractivity contribution in [2.45, 2.75) is 141 Å². The molecule has 0 fully saturated rings. The molecule has 0 bridgehead atoms. The molecule has 0 spiro atoms. The molecule has 0 saturated carbocycles. The average Bonchev–Trinajstić information content (AvgIpc) is 2.61. The first-order valence-electron chi connectivity index (χ1n) is 11.6. The number of hydrogen-bond acceptors (Lipinski definition) is 3. The lowest BCUT2D eigenvalue weighted by atomic mass is 10.0. The van der Waals surface area contributed by atoms with Gasteiger partial charge in [-0.3, -0.25) is 4.55 Å². The molecule has 0 aromatic rings. The second-order valence-electron chi connectivity index (χ2n) is 8.19. The van der Waals surface area contributed by atoms with Crippen LogP contribution in [0, 0.1) is 0 Å². The molecule has 0 aliphatic rings. The zero-order chi connectivity index (χ0) is 20.4. The molecule has 0 heterocycles. The Balaban J connectivity index is 3.48. The average molecular weight is 407 g/mol. The van der Waals surface area contributed by atoms with E-state index in [1.54, 1.807) is 0 Å². The third-order valence-electron chi connectivity index (χ3n) is 5.51. The summed E-state index contributed by atoms with van der Waals surface area (Å²) in [4.78, 5) is 0. The van der Waals surface area contributed by atoms with Crippen LogP contribution in [0.4, 0.5) is 0 Å². The fraction of sp³-hybridized carbons (Fsp3) is 1.00. The van der Waals surface area contributed by atoms with Gasteiger partial charge in [-0.05, 0) is 25.7 Å². The van der Waals surface area contributed by atoms with Crippen LogP contribution in [0.5, 0.6) is 0 Å². The Morgan fingerprint density at radius 3 is 1.41 bits per heavy atom. The first kappa shape index (κ1) is 26.9. The van der Waals surface area contributed by atoms with Gasteiger partial charge in [0.05, 0.1) is 11.4 Å². The van der Waals surface area contributed by atoms with Crippen molar-refractivity contribution in [2.24, 2.45) is 0 Å². The molecule has 5 heteroatoms. The lowest BCUT2D eigenvalue weighted by molar-refractivity contribution is 0.147. The van der Waals surface area contributed by atoms with E-state index in [1.165, 1.54) is 44.9 Å². The van der Waals surface area contributed by atoms with Crippen molar-refractivity contribution in [3.63, 3.8) is 0 Å².